The van der Waals surface area contributed by atoms with Gasteiger partial charge in [-0.15, -0.1) is 0 Å². The van der Waals surface area contributed by atoms with Gasteiger partial charge in [-0.1, -0.05) is 11.8 Å². The molecule has 0 aromatic heterocycles. The molecule has 1 aromatic rings. The molecular formula is C10H11NS. The van der Waals surface area contributed by atoms with Gasteiger partial charge in [0.05, 0.1) is 5.75 Å². The lowest BCUT2D eigenvalue weighted by Crippen LogP contribution is -1.89. The minimum absolute atomic E-state index is 0.587. The number of aryl methyl sites for hydroxylation is 1. The number of anilines is 1. The molecule has 12 heavy (non-hydrogen) atoms. The van der Waals surface area contributed by atoms with E-state index in [1.165, 1.54) is 0 Å². The standard InChI is InChI=1S/C10H11NS/c1-8-7-9(3-2-6-12)4-5-10(8)11/h4-5,7,12H,6,11H2,1H3. The Morgan fingerprint density at radius 1 is 1.50 bits per heavy atom. The number of hydrogen-bond donors (Lipinski definition) is 2. The normalized spacial score (nSPS) is 8.83. The minimum atomic E-state index is 0.587. The Hall–Kier alpha value is -1.07. The van der Waals surface area contributed by atoms with E-state index in [1.54, 1.807) is 0 Å². The summed E-state index contributed by atoms with van der Waals surface area (Å²) in [7, 11) is 0. The Kier molecular flexibility index (Phi) is 3.07. The van der Waals surface area contributed by atoms with Crippen LogP contribution in [0.1, 0.15) is 11.1 Å². The number of benzene rings is 1. The van der Waals surface area contributed by atoms with E-state index in [-0.39, 0.29) is 0 Å². The Balaban J connectivity index is 2.97. The summed E-state index contributed by atoms with van der Waals surface area (Å²) in [5, 5.41) is 0. The minimum Gasteiger partial charge on any atom is -0.399 e. The van der Waals surface area contributed by atoms with Gasteiger partial charge in [0.1, 0.15) is 0 Å². The van der Waals surface area contributed by atoms with Crippen LogP contribution >= 0.6 is 12.6 Å². The topological polar surface area (TPSA) is 26.0 Å². The van der Waals surface area contributed by atoms with E-state index in [0.29, 0.717) is 5.75 Å². The van der Waals surface area contributed by atoms with Crippen molar-refractivity contribution in [2.75, 3.05) is 11.5 Å². The lowest BCUT2D eigenvalue weighted by Gasteiger charge is -1.98. The number of rotatable bonds is 0. The van der Waals surface area contributed by atoms with Crippen molar-refractivity contribution >= 4 is 18.3 Å². The van der Waals surface area contributed by atoms with Gasteiger partial charge in [-0.25, -0.2) is 0 Å². The zero-order valence-electron chi connectivity index (χ0n) is 6.96. The molecule has 0 bridgehead atoms. The van der Waals surface area contributed by atoms with Crippen molar-refractivity contribution in [2.45, 2.75) is 6.92 Å². The van der Waals surface area contributed by atoms with Crippen molar-refractivity contribution in [3.8, 4) is 11.8 Å². The van der Waals surface area contributed by atoms with Crippen LogP contribution in [0.25, 0.3) is 0 Å². The van der Waals surface area contributed by atoms with E-state index in [0.717, 1.165) is 16.8 Å². The summed E-state index contributed by atoms with van der Waals surface area (Å²) >= 11 is 4.00. The van der Waals surface area contributed by atoms with Crippen LogP contribution in [0.2, 0.25) is 0 Å². The molecule has 0 saturated carbocycles. The predicted molar refractivity (Wildman–Crippen MR) is 56.3 cm³/mol. The average Bonchev–Trinajstić information content (AvgIpc) is 2.07. The van der Waals surface area contributed by atoms with Crippen molar-refractivity contribution in [1.82, 2.24) is 0 Å². The molecule has 62 valence electrons. The van der Waals surface area contributed by atoms with Gasteiger partial charge in [0, 0.05) is 11.3 Å². The molecule has 0 unspecified atom stereocenters. The van der Waals surface area contributed by atoms with Crippen LogP contribution in [-0.4, -0.2) is 5.75 Å². The molecule has 2 heteroatoms. The molecule has 2 N–H and O–H groups in total. The van der Waals surface area contributed by atoms with Crippen molar-refractivity contribution in [1.29, 1.82) is 0 Å². The van der Waals surface area contributed by atoms with Gasteiger partial charge in [-0.2, -0.15) is 12.6 Å². The largest absolute Gasteiger partial charge is 0.399 e. The summed E-state index contributed by atoms with van der Waals surface area (Å²) in [6.45, 7) is 1.97. The predicted octanol–water partition coefficient (Wildman–Crippen LogP) is 1.86. The number of nitrogens with two attached hydrogens (primary N) is 1. The van der Waals surface area contributed by atoms with Crippen LogP contribution in [0.5, 0.6) is 0 Å². The highest BCUT2D eigenvalue weighted by atomic mass is 32.1. The lowest BCUT2D eigenvalue weighted by atomic mass is 10.1. The molecule has 1 nitrogen and oxygen atoms in total. The maximum atomic E-state index is 5.65. The highest BCUT2D eigenvalue weighted by Gasteiger charge is 1.92. The smallest absolute Gasteiger partial charge is 0.0521 e. The first-order valence-electron chi connectivity index (χ1n) is 3.70. The third-order valence-electron chi connectivity index (χ3n) is 1.58. The molecular weight excluding hydrogens is 166 g/mol. The summed E-state index contributed by atoms with van der Waals surface area (Å²) in [6.07, 6.45) is 0. The van der Waals surface area contributed by atoms with Gasteiger partial charge < -0.3 is 5.73 Å². The second kappa shape index (κ2) is 4.08. The number of hydrogen-bond acceptors (Lipinski definition) is 2. The van der Waals surface area contributed by atoms with E-state index in [1.807, 2.05) is 25.1 Å². The van der Waals surface area contributed by atoms with E-state index < -0.39 is 0 Å². The first kappa shape index (κ1) is 9.02. The second-order valence-corrected chi connectivity index (χ2v) is 2.85. The van der Waals surface area contributed by atoms with Crippen LogP contribution in [0.4, 0.5) is 5.69 Å². The van der Waals surface area contributed by atoms with E-state index >= 15 is 0 Å². The fraction of sp³-hybridized carbons (Fsp3) is 0.200. The van der Waals surface area contributed by atoms with Crippen LogP contribution in [-0.2, 0) is 0 Å². The Labute approximate surface area is 78.4 Å². The van der Waals surface area contributed by atoms with Crippen molar-refractivity contribution in [3.05, 3.63) is 29.3 Å². The third-order valence-corrected chi connectivity index (χ3v) is 1.74. The molecule has 0 fully saturated rings. The SMILES string of the molecule is Cc1cc(C#CCS)ccc1N. The van der Waals surface area contributed by atoms with Crippen LogP contribution in [0.3, 0.4) is 0 Å². The fourth-order valence-electron chi connectivity index (χ4n) is 0.895. The van der Waals surface area contributed by atoms with E-state index in [9.17, 15) is 0 Å². The zero-order valence-corrected chi connectivity index (χ0v) is 7.86. The van der Waals surface area contributed by atoms with Crippen molar-refractivity contribution in [3.63, 3.8) is 0 Å². The van der Waals surface area contributed by atoms with Crippen molar-refractivity contribution in [2.24, 2.45) is 0 Å². The Morgan fingerprint density at radius 3 is 2.83 bits per heavy atom. The van der Waals surface area contributed by atoms with Crippen molar-refractivity contribution < 1.29 is 0 Å². The molecule has 0 atom stereocenters. The molecule has 0 radical (unpaired) electrons. The molecule has 1 rings (SSSR count). The molecule has 0 amide bonds. The van der Waals surface area contributed by atoms with Gasteiger partial charge in [0.15, 0.2) is 0 Å². The lowest BCUT2D eigenvalue weighted by molar-refractivity contribution is 1.45. The summed E-state index contributed by atoms with van der Waals surface area (Å²) in [5.41, 5.74) is 8.53. The Bertz CT molecular complexity index is 333. The molecule has 0 spiro atoms. The highest BCUT2D eigenvalue weighted by Crippen LogP contribution is 2.11. The number of nitrogen functional groups attached to an aromatic ring is 1. The zero-order chi connectivity index (χ0) is 8.97. The summed E-state index contributed by atoms with van der Waals surface area (Å²) in [4.78, 5) is 0. The Morgan fingerprint density at radius 2 is 2.25 bits per heavy atom. The van der Waals surface area contributed by atoms with Crippen LogP contribution in [0, 0.1) is 18.8 Å². The van der Waals surface area contributed by atoms with Gasteiger partial charge in [0.25, 0.3) is 0 Å². The van der Waals surface area contributed by atoms with Crippen LogP contribution in [0.15, 0.2) is 18.2 Å². The second-order valence-electron chi connectivity index (χ2n) is 2.53. The first-order chi connectivity index (χ1) is 5.74. The molecule has 0 aliphatic rings. The molecule has 0 heterocycles. The molecule has 0 aliphatic heterocycles. The van der Waals surface area contributed by atoms with E-state index in [2.05, 4.69) is 24.5 Å². The maximum Gasteiger partial charge on any atom is 0.0521 e. The molecule has 0 saturated heterocycles. The average molecular weight is 177 g/mol. The van der Waals surface area contributed by atoms with Gasteiger partial charge in [-0.05, 0) is 30.7 Å². The summed E-state index contributed by atoms with van der Waals surface area (Å²) < 4.78 is 0. The van der Waals surface area contributed by atoms with Crippen LogP contribution < -0.4 is 5.73 Å². The number of thiol groups is 1. The molecule has 1 aromatic carbocycles. The van der Waals surface area contributed by atoms with E-state index in [4.69, 9.17) is 5.73 Å². The maximum absolute atomic E-state index is 5.65. The monoisotopic (exact) mass is 177 g/mol. The highest BCUT2D eigenvalue weighted by molar-refractivity contribution is 7.80. The first-order valence-corrected chi connectivity index (χ1v) is 4.33. The third kappa shape index (κ3) is 2.21. The molecule has 0 aliphatic carbocycles. The summed E-state index contributed by atoms with van der Waals surface area (Å²) in [5.74, 6) is 6.45. The van der Waals surface area contributed by atoms with Gasteiger partial charge >= 0.3 is 0 Å². The van der Waals surface area contributed by atoms with Gasteiger partial charge in [0.2, 0.25) is 0 Å². The summed E-state index contributed by atoms with van der Waals surface area (Å²) in [6, 6.07) is 5.77. The fourth-order valence-corrected chi connectivity index (χ4v) is 0.974. The van der Waals surface area contributed by atoms with Gasteiger partial charge in [-0.3, -0.25) is 0 Å². The quantitative estimate of drug-likeness (QED) is 0.353.